The lowest BCUT2D eigenvalue weighted by atomic mass is 10.0. The number of carbonyl (C=O) groups is 3. The molecule has 0 unspecified atom stereocenters. The summed E-state index contributed by atoms with van der Waals surface area (Å²) in [5.41, 5.74) is 7.55. The van der Waals surface area contributed by atoms with Gasteiger partial charge in [0.25, 0.3) is 0 Å². The average Bonchev–Trinajstić information content (AvgIpc) is 2.55. The third-order valence-electron chi connectivity index (χ3n) is 3.47. The van der Waals surface area contributed by atoms with Gasteiger partial charge >= 0.3 is 11.8 Å². The number of anilines is 2. The first-order valence-electron chi connectivity index (χ1n) is 7.49. The first-order valence-corrected chi connectivity index (χ1v) is 7.49. The number of benzene rings is 2. The van der Waals surface area contributed by atoms with Crippen LogP contribution in [0.25, 0.3) is 0 Å². The highest BCUT2D eigenvalue weighted by molar-refractivity contribution is 6.43. The van der Waals surface area contributed by atoms with Crippen molar-refractivity contribution < 1.29 is 14.4 Å². The van der Waals surface area contributed by atoms with Crippen LogP contribution in [0.4, 0.5) is 11.4 Å². The molecule has 0 aliphatic carbocycles. The molecule has 0 bridgehead atoms. The predicted molar refractivity (Wildman–Crippen MR) is 92.8 cm³/mol. The molecule has 6 nitrogen and oxygen atoms in total. The summed E-state index contributed by atoms with van der Waals surface area (Å²) in [5.74, 6) is -1.74. The summed E-state index contributed by atoms with van der Waals surface area (Å²) in [6, 6.07) is 13.3. The maximum atomic E-state index is 11.9. The van der Waals surface area contributed by atoms with Gasteiger partial charge in [-0.2, -0.15) is 0 Å². The number of carbonyl (C=O) groups excluding carboxylic acids is 3. The molecule has 0 aromatic heterocycles. The van der Waals surface area contributed by atoms with E-state index in [1.807, 2.05) is 12.1 Å². The fraction of sp³-hybridized carbons (Fsp3) is 0.167. The third-order valence-corrected chi connectivity index (χ3v) is 3.47. The number of rotatable bonds is 4. The molecule has 2 aromatic rings. The molecule has 0 aliphatic heterocycles. The van der Waals surface area contributed by atoms with Crippen molar-refractivity contribution >= 4 is 29.1 Å². The topological polar surface area (TPSA) is 101 Å². The zero-order chi connectivity index (χ0) is 17.7. The highest BCUT2D eigenvalue weighted by Gasteiger charge is 2.14. The second kappa shape index (κ2) is 7.41. The molecule has 124 valence electrons. The van der Waals surface area contributed by atoms with Crippen LogP contribution in [0.2, 0.25) is 0 Å². The monoisotopic (exact) mass is 325 g/mol. The molecule has 0 saturated carbocycles. The molecule has 3 amide bonds. The molecule has 0 atom stereocenters. The zero-order valence-corrected chi connectivity index (χ0v) is 13.5. The van der Waals surface area contributed by atoms with Crippen molar-refractivity contribution in [3.8, 4) is 0 Å². The van der Waals surface area contributed by atoms with Gasteiger partial charge in [0.15, 0.2) is 0 Å². The van der Waals surface area contributed by atoms with E-state index >= 15 is 0 Å². The lowest BCUT2D eigenvalue weighted by molar-refractivity contribution is -0.132. The largest absolute Gasteiger partial charge is 0.366 e. The summed E-state index contributed by atoms with van der Waals surface area (Å²) in [7, 11) is 0. The third kappa shape index (κ3) is 4.42. The number of amides is 3. The summed E-state index contributed by atoms with van der Waals surface area (Å²) >= 11 is 0. The van der Waals surface area contributed by atoms with Crippen LogP contribution in [0.5, 0.6) is 0 Å². The smallest absolute Gasteiger partial charge is 0.314 e. The van der Waals surface area contributed by atoms with E-state index in [2.05, 4.69) is 24.5 Å². The van der Waals surface area contributed by atoms with Crippen LogP contribution in [0.15, 0.2) is 48.5 Å². The second-order valence-corrected chi connectivity index (χ2v) is 5.63. The molecule has 2 aromatic carbocycles. The molecule has 24 heavy (non-hydrogen) atoms. The Hall–Kier alpha value is -3.15. The Morgan fingerprint density at radius 2 is 1.21 bits per heavy atom. The lowest BCUT2D eigenvalue weighted by Gasteiger charge is -2.09. The van der Waals surface area contributed by atoms with Crippen molar-refractivity contribution in [1.29, 1.82) is 0 Å². The van der Waals surface area contributed by atoms with Crippen molar-refractivity contribution in [2.75, 3.05) is 10.6 Å². The molecule has 6 heteroatoms. The Morgan fingerprint density at radius 3 is 1.58 bits per heavy atom. The van der Waals surface area contributed by atoms with E-state index in [4.69, 9.17) is 5.73 Å². The molecule has 0 saturated heterocycles. The van der Waals surface area contributed by atoms with Gasteiger partial charge in [-0.3, -0.25) is 14.4 Å². The maximum absolute atomic E-state index is 11.9. The van der Waals surface area contributed by atoms with Crippen LogP contribution in [0, 0.1) is 0 Å². The van der Waals surface area contributed by atoms with Gasteiger partial charge in [0, 0.05) is 16.9 Å². The minimum absolute atomic E-state index is 0.322. The standard InChI is InChI=1S/C18H19N3O3/c1-11(2)12-3-7-14(8-4-12)20-17(23)18(24)21-15-9-5-13(6-10-15)16(19)22/h3-11H,1-2H3,(H2,19,22)(H,20,23)(H,21,24). The molecule has 0 radical (unpaired) electrons. The van der Waals surface area contributed by atoms with Gasteiger partial charge in [-0.1, -0.05) is 26.0 Å². The number of primary amides is 1. The first-order chi connectivity index (χ1) is 11.4. The van der Waals surface area contributed by atoms with E-state index < -0.39 is 17.7 Å². The molecular weight excluding hydrogens is 306 g/mol. The molecule has 0 aliphatic rings. The van der Waals surface area contributed by atoms with Crippen LogP contribution in [0.3, 0.4) is 0 Å². The van der Waals surface area contributed by atoms with Crippen molar-refractivity contribution in [3.05, 3.63) is 59.7 Å². The Bertz CT molecular complexity index is 750. The molecule has 0 heterocycles. The van der Waals surface area contributed by atoms with E-state index in [1.54, 1.807) is 12.1 Å². The van der Waals surface area contributed by atoms with Gasteiger partial charge in [0.1, 0.15) is 0 Å². The van der Waals surface area contributed by atoms with Crippen molar-refractivity contribution in [3.63, 3.8) is 0 Å². The predicted octanol–water partition coefficient (Wildman–Crippen LogP) is 2.49. The van der Waals surface area contributed by atoms with Gasteiger partial charge in [-0.05, 0) is 47.9 Å². The SMILES string of the molecule is CC(C)c1ccc(NC(=O)C(=O)Nc2ccc(C(N)=O)cc2)cc1. The van der Waals surface area contributed by atoms with Crippen molar-refractivity contribution in [2.45, 2.75) is 19.8 Å². The van der Waals surface area contributed by atoms with E-state index in [9.17, 15) is 14.4 Å². The fourth-order valence-electron chi connectivity index (χ4n) is 2.04. The van der Waals surface area contributed by atoms with Crippen molar-refractivity contribution in [1.82, 2.24) is 0 Å². The van der Waals surface area contributed by atoms with Gasteiger partial charge in [-0.15, -0.1) is 0 Å². The van der Waals surface area contributed by atoms with Crippen molar-refractivity contribution in [2.24, 2.45) is 5.73 Å². The molecular formula is C18H19N3O3. The highest BCUT2D eigenvalue weighted by atomic mass is 16.2. The van der Waals surface area contributed by atoms with Crippen LogP contribution >= 0.6 is 0 Å². The molecule has 0 spiro atoms. The number of hydrogen-bond donors (Lipinski definition) is 3. The fourth-order valence-corrected chi connectivity index (χ4v) is 2.04. The van der Waals surface area contributed by atoms with Crippen LogP contribution < -0.4 is 16.4 Å². The summed E-state index contributed by atoms with van der Waals surface area (Å²) < 4.78 is 0. The Kier molecular flexibility index (Phi) is 5.31. The van der Waals surface area contributed by atoms with E-state index in [-0.39, 0.29) is 0 Å². The number of nitrogens with one attached hydrogen (secondary N) is 2. The second-order valence-electron chi connectivity index (χ2n) is 5.63. The van der Waals surface area contributed by atoms with Crippen LogP contribution in [0.1, 0.15) is 35.7 Å². The summed E-state index contributed by atoms with van der Waals surface area (Å²) in [6.07, 6.45) is 0. The summed E-state index contributed by atoms with van der Waals surface area (Å²) in [5, 5.41) is 4.99. The van der Waals surface area contributed by atoms with Gasteiger partial charge < -0.3 is 16.4 Å². The summed E-state index contributed by atoms with van der Waals surface area (Å²) in [4.78, 5) is 34.8. The zero-order valence-electron chi connectivity index (χ0n) is 13.5. The molecule has 0 fully saturated rings. The maximum Gasteiger partial charge on any atom is 0.314 e. The number of nitrogens with two attached hydrogens (primary N) is 1. The Labute approximate surface area is 140 Å². The van der Waals surface area contributed by atoms with Gasteiger partial charge in [0.2, 0.25) is 5.91 Å². The minimum atomic E-state index is -0.797. The van der Waals surface area contributed by atoms with E-state index in [1.165, 1.54) is 24.3 Å². The highest BCUT2D eigenvalue weighted by Crippen LogP contribution is 2.17. The normalized spacial score (nSPS) is 10.3. The molecule has 4 N–H and O–H groups in total. The van der Waals surface area contributed by atoms with Gasteiger partial charge in [-0.25, -0.2) is 0 Å². The molecule has 2 rings (SSSR count). The van der Waals surface area contributed by atoms with E-state index in [0.29, 0.717) is 22.9 Å². The van der Waals surface area contributed by atoms with Crippen LogP contribution in [-0.2, 0) is 9.59 Å². The first kappa shape index (κ1) is 17.2. The Morgan fingerprint density at radius 1 is 0.792 bits per heavy atom. The van der Waals surface area contributed by atoms with Crippen LogP contribution in [-0.4, -0.2) is 17.7 Å². The summed E-state index contributed by atoms with van der Waals surface area (Å²) in [6.45, 7) is 4.15. The Balaban J connectivity index is 1.96. The van der Waals surface area contributed by atoms with E-state index in [0.717, 1.165) is 5.56 Å². The average molecular weight is 325 g/mol. The quantitative estimate of drug-likeness (QED) is 0.753. The minimum Gasteiger partial charge on any atom is -0.366 e. The van der Waals surface area contributed by atoms with Gasteiger partial charge in [0.05, 0.1) is 0 Å². The lowest BCUT2D eigenvalue weighted by Crippen LogP contribution is -2.29. The number of hydrogen-bond acceptors (Lipinski definition) is 3.